The molecule has 1 atom stereocenters. The van der Waals surface area contributed by atoms with Gasteiger partial charge < -0.3 is 19.9 Å². The van der Waals surface area contributed by atoms with E-state index in [0.29, 0.717) is 17.5 Å². The van der Waals surface area contributed by atoms with E-state index >= 15 is 0 Å². The second-order valence-electron chi connectivity index (χ2n) is 5.00. The first kappa shape index (κ1) is 14.2. The average molecular weight is 265 g/mol. The molecule has 1 fully saturated rings. The molecule has 0 heterocycles. The quantitative estimate of drug-likeness (QED) is 0.828. The highest BCUT2D eigenvalue weighted by atomic mass is 16.5. The summed E-state index contributed by atoms with van der Waals surface area (Å²) in [6, 6.07) is 6.27. The minimum Gasteiger partial charge on any atom is -0.493 e. The first-order valence-corrected chi connectivity index (χ1v) is 6.87. The molecule has 0 aromatic heterocycles. The number of ether oxygens (including phenoxy) is 2. The fourth-order valence-corrected chi connectivity index (χ4v) is 2.70. The van der Waals surface area contributed by atoms with E-state index in [9.17, 15) is 5.11 Å². The molecule has 4 nitrogen and oxygen atoms in total. The summed E-state index contributed by atoms with van der Waals surface area (Å²) in [6.07, 6.45) is 4.96. The van der Waals surface area contributed by atoms with E-state index in [1.807, 2.05) is 18.2 Å². The lowest BCUT2D eigenvalue weighted by Gasteiger charge is -2.22. The van der Waals surface area contributed by atoms with Crippen LogP contribution in [0.1, 0.15) is 37.3 Å². The van der Waals surface area contributed by atoms with Gasteiger partial charge in [-0.05, 0) is 30.5 Å². The molecule has 106 valence electrons. The number of hydrogen-bond acceptors (Lipinski definition) is 4. The number of aliphatic hydroxyl groups is 1. The molecular weight excluding hydrogens is 242 g/mol. The number of hydrogen-bond donors (Lipinski definition) is 2. The Morgan fingerprint density at radius 1 is 1.21 bits per heavy atom. The van der Waals surface area contributed by atoms with Gasteiger partial charge in [-0.1, -0.05) is 18.9 Å². The van der Waals surface area contributed by atoms with Gasteiger partial charge in [0.05, 0.1) is 26.9 Å². The van der Waals surface area contributed by atoms with Crippen molar-refractivity contribution < 1.29 is 14.6 Å². The average Bonchev–Trinajstić information content (AvgIpc) is 2.97. The Hall–Kier alpha value is -1.26. The summed E-state index contributed by atoms with van der Waals surface area (Å²) in [4.78, 5) is 0. The van der Waals surface area contributed by atoms with Crippen LogP contribution in [0.5, 0.6) is 11.5 Å². The van der Waals surface area contributed by atoms with Crippen molar-refractivity contribution in [3.63, 3.8) is 0 Å². The topological polar surface area (TPSA) is 50.7 Å². The molecular formula is C15H23NO3. The summed E-state index contributed by atoms with van der Waals surface area (Å²) in [6.45, 7) is 0.0893. The van der Waals surface area contributed by atoms with Crippen LogP contribution < -0.4 is 14.8 Å². The molecule has 4 heteroatoms. The van der Waals surface area contributed by atoms with Gasteiger partial charge in [-0.15, -0.1) is 0 Å². The third-order valence-electron chi connectivity index (χ3n) is 3.78. The molecule has 19 heavy (non-hydrogen) atoms. The van der Waals surface area contributed by atoms with Crippen LogP contribution in [0, 0.1) is 0 Å². The van der Waals surface area contributed by atoms with Gasteiger partial charge in [0.2, 0.25) is 0 Å². The van der Waals surface area contributed by atoms with Gasteiger partial charge in [0.25, 0.3) is 0 Å². The molecule has 0 bridgehead atoms. The number of nitrogens with one attached hydrogen (secondary N) is 1. The van der Waals surface area contributed by atoms with E-state index in [1.54, 1.807) is 14.2 Å². The van der Waals surface area contributed by atoms with Crippen LogP contribution in [-0.4, -0.2) is 32.0 Å². The van der Waals surface area contributed by atoms with Crippen molar-refractivity contribution in [2.75, 3.05) is 20.8 Å². The lowest BCUT2D eigenvalue weighted by atomic mass is 10.1. The summed E-state index contributed by atoms with van der Waals surface area (Å²) in [7, 11) is 3.25. The lowest BCUT2D eigenvalue weighted by Crippen LogP contribution is -2.32. The predicted octanol–water partition coefficient (Wildman–Crippen LogP) is 2.27. The van der Waals surface area contributed by atoms with Crippen LogP contribution >= 0.6 is 0 Å². The van der Waals surface area contributed by atoms with Crippen LogP contribution in [0.25, 0.3) is 0 Å². The molecule has 2 rings (SSSR count). The smallest absolute Gasteiger partial charge is 0.161 e. The van der Waals surface area contributed by atoms with E-state index in [0.717, 1.165) is 5.56 Å². The summed E-state index contributed by atoms with van der Waals surface area (Å²) in [5.74, 6) is 1.41. The Morgan fingerprint density at radius 3 is 2.47 bits per heavy atom. The summed E-state index contributed by atoms with van der Waals surface area (Å²) < 4.78 is 10.5. The van der Waals surface area contributed by atoms with Crippen molar-refractivity contribution in [1.82, 2.24) is 5.32 Å². The van der Waals surface area contributed by atoms with Gasteiger partial charge in [0.15, 0.2) is 11.5 Å². The molecule has 1 aromatic carbocycles. The molecule has 0 spiro atoms. The maximum atomic E-state index is 9.60. The fourth-order valence-electron chi connectivity index (χ4n) is 2.70. The van der Waals surface area contributed by atoms with Gasteiger partial charge in [-0.2, -0.15) is 0 Å². The van der Waals surface area contributed by atoms with E-state index in [-0.39, 0.29) is 12.6 Å². The summed E-state index contributed by atoms with van der Waals surface area (Å²) in [5.41, 5.74) is 1.03. The van der Waals surface area contributed by atoms with E-state index in [2.05, 4.69) is 5.32 Å². The Labute approximate surface area is 114 Å². The van der Waals surface area contributed by atoms with Crippen LogP contribution in [0.4, 0.5) is 0 Å². The standard InChI is InChI=1S/C15H23NO3/c1-18-14-8-7-11(9-15(14)19-2)13(10-17)16-12-5-3-4-6-12/h7-9,12-13,16-17H,3-6,10H2,1-2H3. The number of benzene rings is 1. The van der Waals surface area contributed by atoms with Crippen molar-refractivity contribution in [3.05, 3.63) is 23.8 Å². The van der Waals surface area contributed by atoms with Crippen molar-refractivity contribution in [2.45, 2.75) is 37.8 Å². The number of methoxy groups -OCH3 is 2. The van der Waals surface area contributed by atoms with Gasteiger partial charge in [0, 0.05) is 6.04 Å². The van der Waals surface area contributed by atoms with Crippen molar-refractivity contribution in [2.24, 2.45) is 0 Å². The maximum absolute atomic E-state index is 9.60. The van der Waals surface area contributed by atoms with Crippen molar-refractivity contribution in [1.29, 1.82) is 0 Å². The van der Waals surface area contributed by atoms with Crippen molar-refractivity contribution >= 4 is 0 Å². The first-order valence-electron chi connectivity index (χ1n) is 6.87. The molecule has 1 saturated carbocycles. The van der Waals surface area contributed by atoms with Gasteiger partial charge in [-0.25, -0.2) is 0 Å². The monoisotopic (exact) mass is 265 g/mol. The number of rotatable bonds is 6. The second-order valence-corrected chi connectivity index (χ2v) is 5.00. The highest BCUT2D eigenvalue weighted by Gasteiger charge is 2.20. The van der Waals surface area contributed by atoms with Gasteiger partial charge >= 0.3 is 0 Å². The summed E-state index contributed by atoms with van der Waals surface area (Å²) >= 11 is 0. The Balaban J connectivity index is 2.12. The zero-order valence-corrected chi connectivity index (χ0v) is 11.7. The largest absolute Gasteiger partial charge is 0.493 e. The third kappa shape index (κ3) is 3.39. The fraction of sp³-hybridized carbons (Fsp3) is 0.600. The Morgan fingerprint density at radius 2 is 1.89 bits per heavy atom. The molecule has 1 aromatic rings. The van der Waals surface area contributed by atoms with Gasteiger partial charge in [0.1, 0.15) is 0 Å². The zero-order chi connectivity index (χ0) is 13.7. The molecule has 1 aliphatic rings. The SMILES string of the molecule is COc1ccc(C(CO)NC2CCCC2)cc1OC. The minimum atomic E-state index is -0.0390. The van der Waals surface area contributed by atoms with Crippen LogP contribution in [-0.2, 0) is 0 Å². The second kappa shape index (κ2) is 6.78. The zero-order valence-electron chi connectivity index (χ0n) is 11.7. The normalized spacial score (nSPS) is 17.4. The molecule has 0 aliphatic heterocycles. The number of aliphatic hydroxyl groups excluding tert-OH is 1. The molecule has 2 N–H and O–H groups in total. The van der Waals surface area contributed by atoms with Crippen LogP contribution in [0.2, 0.25) is 0 Å². The van der Waals surface area contributed by atoms with Gasteiger partial charge in [-0.3, -0.25) is 0 Å². The molecule has 0 saturated heterocycles. The van der Waals surface area contributed by atoms with Crippen LogP contribution in [0.15, 0.2) is 18.2 Å². The first-order chi connectivity index (χ1) is 9.28. The molecule has 0 amide bonds. The Bertz CT molecular complexity index is 402. The Kier molecular flexibility index (Phi) is 5.05. The minimum absolute atomic E-state index is 0.0390. The molecule has 1 unspecified atom stereocenters. The maximum Gasteiger partial charge on any atom is 0.161 e. The lowest BCUT2D eigenvalue weighted by molar-refractivity contribution is 0.232. The van der Waals surface area contributed by atoms with E-state index in [1.165, 1.54) is 25.7 Å². The third-order valence-corrected chi connectivity index (χ3v) is 3.78. The summed E-state index contributed by atoms with van der Waals surface area (Å²) in [5, 5.41) is 13.1. The molecule has 1 aliphatic carbocycles. The van der Waals surface area contributed by atoms with Crippen LogP contribution in [0.3, 0.4) is 0 Å². The van der Waals surface area contributed by atoms with Crippen molar-refractivity contribution in [3.8, 4) is 11.5 Å². The highest BCUT2D eigenvalue weighted by molar-refractivity contribution is 5.43. The molecule has 0 radical (unpaired) electrons. The highest BCUT2D eigenvalue weighted by Crippen LogP contribution is 2.30. The van der Waals surface area contributed by atoms with E-state index in [4.69, 9.17) is 9.47 Å². The van der Waals surface area contributed by atoms with E-state index < -0.39 is 0 Å². The predicted molar refractivity (Wildman–Crippen MR) is 74.8 cm³/mol.